The van der Waals surface area contributed by atoms with E-state index in [1.54, 1.807) is 6.20 Å². The highest BCUT2D eigenvalue weighted by Gasteiger charge is 2.15. The topological polar surface area (TPSA) is 66.0 Å². The van der Waals surface area contributed by atoms with E-state index in [-0.39, 0.29) is 5.56 Å². The minimum Gasteiger partial charge on any atom is -0.478 e. The van der Waals surface area contributed by atoms with Gasteiger partial charge in [-0.1, -0.05) is 15.9 Å². The molecule has 4 aromatic rings. The highest BCUT2D eigenvalue weighted by molar-refractivity contribution is 9.10. The molecule has 0 aliphatic heterocycles. The summed E-state index contributed by atoms with van der Waals surface area (Å²) in [5, 5.41) is 10.8. The summed E-state index contributed by atoms with van der Waals surface area (Å²) in [6, 6.07) is 11.2. The Morgan fingerprint density at radius 3 is 2.75 bits per heavy atom. The molecule has 0 unspecified atom stereocenters. The maximum absolute atomic E-state index is 13.5. The number of aromatic amines is 1. The lowest BCUT2D eigenvalue weighted by atomic mass is 10.0. The van der Waals surface area contributed by atoms with Gasteiger partial charge in [-0.15, -0.1) is 0 Å². The number of aromatic nitrogens is 2. The van der Waals surface area contributed by atoms with Crippen LogP contribution in [0.5, 0.6) is 0 Å². The van der Waals surface area contributed by atoms with Crippen molar-refractivity contribution >= 4 is 43.7 Å². The van der Waals surface area contributed by atoms with E-state index in [4.69, 9.17) is 0 Å². The van der Waals surface area contributed by atoms with Crippen LogP contribution in [0.15, 0.2) is 53.1 Å². The number of carboxylic acids is 1. The number of hydrogen-bond acceptors (Lipinski definition) is 2. The number of hydrogen-bond donors (Lipinski definition) is 2. The van der Waals surface area contributed by atoms with Crippen molar-refractivity contribution < 1.29 is 14.3 Å². The molecule has 4 rings (SSSR count). The average molecular weight is 385 g/mol. The Hall–Kier alpha value is -2.73. The Balaban J connectivity index is 2.05. The van der Waals surface area contributed by atoms with Crippen molar-refractivity contribution in [3.05, 3.63) is 64.5 Å². The Labute approximate surface area is 144 Å². The number of benzene rings is 2. The molecule has 0 aliphatic carbocycles. The molecule has 0 aliphatic rings. The minimum absolute atomic E-state index is 0.0966. The third-order valence-corrected chi connectivity index (χ3v) is 4.42. The number of pyridine rings is 1. The Bertz CT molecular complexity index is 1120. The Kier molecular flexibility index (Phi) is 3.35. The van der Waals surface area contributed by atoms with Crippen molar-refractivity contribution in [3.8, 4) is 11.3 Å². The van der Waals surface area contributed by atoms with E-state index in [9.17, 15) is 14.3 Å². The lowest BCUT2D eigenvalue weighted by molar-refractivity contribution is 0.0699. The van der Waals surface area contributed by atoms with E-state index in [0.29, 0.717) is 16.6 Å². The van der Waals surface area contributed by atoms with Crippen molar-refractivity contribution in [1.29, 1.82) is 0 Å². The van der Waals surface area contributed by atoms with Crippen LogP contribution in [-0.4, -0.2) is 21.0 Å². The van der Waals surface area contributed by atoms with Crippen molar-refractivity contribution in [3.63, 3.8) is 0 Å². The van der Waals surface area contributed by atoms with Gasteiger partial charge in [-0.05, 0) is 36.4 Å². The number of nitrogens with zero attached hydrogens (tertiary/aromatic N) is 1. The lowest BCUT2D eigenvalue weighted by Gasteiger charge is -2.07. The molecule has 24 heavy (non-hydrogen) atoms. The molecule has 0 spiro atoms. The van der Waals surface area contributed by atoms with Crippen LogP contribution >= 0.6 is 15.9 Å². The van der Waals surface area contributed by atoms with Crippen molar-refractivity contribution in [2.45, 2.75) is 0 Å². The number of rotatable bonds is 2. The van der Waals surface area contributed by atoms with E-state index >= 15 is 0 Å². The number of carboxylic acid groups (broad SMARTS) is 1. The van der Waals surface area contributed by atoms with Gasteiger partial charge in [0.05, 0.1) is 16.8 Å². The highest BCUT2D eigenvalue weighted by atomic mass is 79.9. The van der Waals surface area contributed by atoms with Gasteiger partial charge in [-0.2, -0.15) is 0 Å². The van der Waals surface area contributed by atoms with Gasteiger partial charge in [0.1, 0.15) is 5.82 Å². The van der Waals surface area contributed by atoms with E-state index < -0.39 is 11.8 Å². The fourth-order valence-corrected chi connectivity index (χ4v) is 3.18. The maximum Gasteiger partial charge on any atom is 0.336 e. The molecular formula is C18H10BrFN2O2. The van der Waals surface area contributed by atoms with E-state index in [0.717, 1.165) is 20.9 Å². The molecule has 0 radical (unpaired) electrons. The summed E-state index contributed by atoms with van der Waals surface area (Å²) in [7, 11) is 0. The zero-order chi connectivity index (χ0) is 16.8. The molecule has 0 bridgehead atoms. The van der Waals surface area contributed by atoms with Gasteiger partial charge in [-0.25, -0.2) is 14.2 Å². The SMILES string of the molecule is O=C(O)c1cc(-c2c[nH]c3ccc(Br)cc23)nc2cc(F)ccc12. The van der Waals surface area contributed by atoms with Crippen LogP contribution < -0.4 is 0 Å². The highest BCUT2D eigenvalue weighted by Crippen LogP contribution is 2.32. The van der Waals surface area contributed by atoms with Crippen molar-refractivity contribution in [2.75, 3.05) is 0 Å². The Morgan fingerprint density at radius 2 is 1.96 bits per heavy atom. The van der Waals surface area contributed by atoms with Gasteiger partial charge in [0.15, 0.2) is 0 Å². The van der Waals surface area contributed by atoms with Crippen LogP contribution in [0.4, 0.5) is 4.39 Å². The third kappa shape index (κ3) is 2.35. The van der Waals surface area contributed by atoms with Gasteiger partial charge < -0.3 is 10.1 Å². The fraction of sp³-hybridized carbons (Fsp3) is 0. The number of H-pyrrole nitrogens is 1. The van der Waals surface area contributed by atoms with Crippen molar-refractivity contribution in [2.24, 2.45) is 0 Å². The molecule has 0 amide bonds. The van der Waals surface area contributed by atoms with Gasteiger partial charge >= 0.3 is 5.97 Å². The predicted octanol–water partition coefficient (Wildman–Crippen LogP) is 4.98. The minimum atomic E-state index is -1.07. The molecule has 0 saturated carbocycles. The van der Waals surface area contributed by atoms with Gasteiger partial charge in [0, 0.05) is 38.6 Å². The standard InChI is InChI=1S/C18H10BrFN2O2/c19-9-1-4-15-12(5-9)14(8-21-15)17-7-13(18(23)24)11-3-2-10(20)6-16(11)22-17/h1-8,21H,(H,23,24). The molecular weight excluding hydrogens is 375 g/mol. The molecule has 2 heterocycles. The van der Waals surface area contributed by atoms with Crippen molar-refractivity contribution in [1.82, 2.24) is 9.97 Å². The summed E-state index contributed by atoms with van der Waals surface area (Å²) in [5.41, 5.74) is 2.56. The molecule has 2 aromatic heterocycles. The quantitative estimate of drug-likeness (QED) is 0.511. The summed E-state index contributed by atoms with van der Waals surface area (Å²) in [4.78, 5) is 19.2. The summed E-state index contributed by atoms with van der Waals surface area (Å²) < 4.78 is 14.5. The van der Waals surface area contributed by atoms with E-state index in [1.165, 1.54) is 24.3 Å². The normalized spacial score (nSPS) is 11.2. The largest absolute Gasteiger partial charge is 0.478 e. The van der Waals surface area contributed by atoms with Crippen LogP contribution in [0.1, 0.15) is 10.4 Å². The molecule has 0 fully saturated rings. The maximum atomic E-state index is 13.5. The molecule has 0 atom stereocenters. The summed E-state index contributed by atoms with van der Waals surface area (Å²) in [6.45, 7) is 0. The predicted molar refractivity (Wildman–Crippen MR) is 93.7 cm³/mol. The fourth-order valence-electron chi connectivity index (χ4n) is 2.82. The average Bonchev–Trinajstić information content (AvgIpc) is 2.96. The Morgan fingerprint density at radius 1 is 1.12 bits per heavy atom. The van der Waals surface area contributed by atoms with Crippen LogP contribution in [0.2, 0.25) is 0 Å². The van der Waals surface area contributed by atoms with Crippen LogP contribution in [0, 0.1) is 5.82 Å². The third-order valence-electron chi connectivity index (χ3n) is 3.92. The number of fused-ring (bicyclic) bond motifs is 2. The van der Waals surface area contributed by atoms with Crippen LogP contribution in [0.25, 0.3) is 33.1 Å². The first kappa shape index (κ1) is 14.8. The van der Waals surface area contributed by atoms with Gasteiger partial charge in [0.25, 0.3) is 0 Å². The van der Waals surface area contributed by atoms with Gasteiger partial charge in [0.2, 0.25) is 0 Å². The number of carbonyl (C=O) groups is 1. The van der Waals surface area contributed by atoms with E-state index in [2.05, 4.69) is 25.9 Å². The molecule has 0 saturated heterocycles. The molecule has 118 valence electrons. The molecule has 6 heteroatoms. The zero-order valence-corrected chi connectivity index (χ0v) is 13.8. The second-order valence-electron chi connectivity index (χ2n) is 5.41. The molecule has 2 aromatic carbocycles. The monoisotopic (exact) mass is 384 g/mol. The first-order valence-corrected chi connectivity index (χ1v) is 7.93. The lowest BCUT2D eigenvalue weighted by Crippen LogP contribution is -2.00. The first-order valence-electron chi connectivity index (χ1n) is 7.13. The van der Waals surface area contributed by atoms with E-state index in [1.807, 2.05) is 18.2 Å². The summed E-state index contributed by atoms with van der Waals surface area (Å²) >= 11 is 3.43. The molecule has 4 nitrogen and oxygen atoms in total. The first-order chi connectivity index (χ1) is 11.5. The van der Waals surface area contributed by atoms with Gasteiger partial charge in [-0.3, -0.25) is 0 Å². The number of aromatic carboxylic acids is 1. The molecule has 2 N–H and O–H groups in total. The van der Waals surface area contributed by atoms with Crippen LogP contribution in [-0.2, 0) is 0 Å². The second-order valence-corrected chi connectivity index (χ2v) is 6.33. The smallest absolute Gasteiger partial charge is 0.336 e. The summed E-state index contributed by atoms with van der Waals surface area (Å²) in [5.74, 6) is -1.53. The number of halogens is 2. The number of nitrogens with one attached hydrogen (secondary N) is 1. The zero-order valence-electron chi connectivity index (χ0n) is 12.2. The second kappa shape index (κ2) is 5.42. The van der Waals surface area contributed by atoms with Crippen LogP contribution in [0.3, 0.4) is 0 Å². The summed E-state index contributed by atoms with van der Waals surface area (Å²) in [6.07, 6.45) is 1.77.